The lowest BCUT2D eigenvalue weighted by Crippen LogP contribution is -2.07. The Morgan fingerprint density at radius 2 is 1.60 bits per heavy atom. The monoisotopic (exact) mass is 350 g/mol. The zero-order valence-electron chi connectivity index (χ0n) is 15.1. The van der Waals surface area contributed by atoms with E-state index in [1.54, 1.807) is 12.1 Å². The van der Waals surface area contributed by atoms with E-state index in [1.165, 1.54) is 33.1 Å². The van der Waals surface area contributed by atoms with Crippen LogP contribution in [0.3, 0.4) is 0 Å². The number of carbonyl (C=O) groups excluding carboxylic acids is 2. The van der Waals surface area contributed by atoms with Gasteiger partial charge in [-0.2, -0.15) is 0 Å². The lowest BCUT2D eigenvalue weighted by Gasteiger charge is -2.08. The molecule has 6 heteroatoms. The quantitative estimate of drug-likeness (QED) is 0.262. The van der Waals surface area contributed by atoms with E-state index in [9.17, 15) is 9.59 Å². The minimum atomic E-state index is -0.674. The van der Waals surface area contributed by atoms with E-state index in [-0.39, 0.29) is 5.75 Å². The summed E-state index contributed by atoms with van der Waals surface area (Å²) in [6, 6.07) is 4.72. The zero-order valence-corrected chi connectivity index (χ0v) is 15.1. The number of ether oxygens (including phenoxy) is 4. The molecule has 0 aliphatic rings. The van der Waals surface area contributed by atoms with Crippen molar-refractivity contribution in [3.8, 4) is 17.2 Å². The third-order valence-electron chi connectivity index (χ3n) is 3.42. The van der Waals surface area contributed by atoms with E-state index in [4.69, 9.17) is 18.9 Å². The minimum absolute atomic E-state index is 0.289. The molecule has 25 heavy (non-hydrogen) atoms. The van der Waals surface area contributed by atoms with Crippen molar-refractivity contribution in [1.82, 2.24) is 0 Å². The van der Waals surface area contributed by atoms with Gasteiger partial charge in [-0.05, 0) is 18.6 Å². The van der Waals surface area contributed by atoms with Crippen molar-refractivity contribution in [2.24, 2.45) is 0 Å². The van der Waals surface area contributed by atoms with Crippen LogP contribution in [0.2, 0.25) is 0 Å². The average Bonchev–Trinajstić information content (AvgIpc) is 2.62. The van der Waals surface area contributed by atoms with Gasteiger partial charge in [-0.15, -0.1) is 0 Å². The molecule has 0 amide bonds. The van der Waals surface area contributed by atoms with Gasteiger partial charge in [-0.25, -0.2) is 9.59 Å². The van der Waals surface area contributed by atoms with Gasteiger partial charge in [-0.3, -0.25) is 0 Å². The van der Waals surface area contributed by atoms with Gasteiger partial charge in [0.1, 0.15) is 5.75 Å². The van der Waals surface area contributed by atoms with Crippen molar-refractivity contribution < 1.29 is 28.5 Å². The standard InChI is InChI=1S/C19H26O6/c1-4-5-6-7-8-13-24-18(20)11-12-19(21)25-15-9-10-16(22-2)17(14-15)23-3/h9-12,14H,4-8,13H2,1-3H3/b12-11+. The summed E-state index contributed by atoms with van der Waals surface area (Å²) in [6.45, 7) is 2.50. The molecule has 0 saturated carbocycles. The summed E-state index contributed by atoms with van der Waals surface area (Å²) in [7, 11) is 3.00. The zero-order chi connectivity index (χ0) is 18.5. The van der Waals surface area contributed by atoms with Crippen LogP contribution in [0.25, 0.3) is 0 Å². The van der Waals surface area contributed by atoms with Crippen LogP contribution >= 0.6 is 0 Å². The molecule has 0 saturated heterocycles. The molecule has 0 aromatic heterocycles. The summed E-state index contributed by atoms with van der Waals surface area (Å²) in [5.74, 6) is 0.0306. The summed E-state index contributed by atoms with van der Waals surface area (Å²) >= 11 is 0. The lowest BCUT2D eigenvalue weighted by atomic mass is 10.2. The van der Waals surface area contributed by atoms with Crippen LogP contribution in [0.4, 0.5) is 0 Å². The number of benzene rings is 1. The summed E-state index contributed by atoms with van der Waals surface area (Å²) in [4.78, 5) is 23.2. The number of carbonyl (C=O) groups is 2. The second kappa shape index (κ2) is 11.9. The Kier molecular flexibility index (Phi) is 9.82. The topological polar surface area (TPSA) is 71.1 Å². The minimum Gasteiger partial charge on any atom is -0.493 e. The molecule has 0 unspecified atom stereocenters. The Labute approximate surface area is 148 Å². The van der Waals surface area contributed by atoms with E-state index >= 15 is 0 Å². The predicted octanol–water partition coefficient (Wildman–Crippen LogP) is 3.68. The first kappa shape index (κ1) is 20.5. The van der Waals surface area contributed by atoms with Crippen LogP contribution in [-0.4, -0.2) is 32.8 Å². The first-order valence-corrected chi connectivity index (χ1v) is 8.39. The molecule has 0 fully saturated rings. The molecule has 0 N–H and O–H groups in total. The average molecular weight is 350 g/mol. The van der Waals surface area contributed by atoms with Crippen molar-refractivity contribution in [2.75, 3.05) is 20.8 Å². The van der Waals surface area contributed by atoms with Crippen LogP contribution in [0.5, 0.6) is 17.2 Å². The lowest BCUT2D eigenvalue weighted by molar-refractivity contribution is -0.138. The van der Waals surface area contributed by atoms with Crippen molar-refractivity contribution in [3.63, 3.8) is 0 Å². The number of rotatable bonds is 11. The molecule has 0 heterocycles. The van der Waals surface area contributed by atoms with Crippen LogP contribution in [0.1, 0.15) is 39.0 Å². The highest BCUT2D eigenvalue weighted by Gasteiger charge is 2.08. The van der Waals surface area contributed by atoms with Gasteiger partial charge in [0.2, 0.25) is 0 Å². The number of methoxy groups -OCH3 is 2. The Morgan fingerprint density at radius 3 is 2.28 bits per heavy atom. The van der Waals surface area contributed by atoms with E-state index in [0.29, 0.717) is 18.1 Å². The molecule has 1 aromatic carbocycles. The van der Waals surface area contributed by atoms with Gasteiger partial charge in [0.25, 0.3) is 0 Å². The van der Waals surface area contributed by atoms with Gasteiger partial charge in [0.15, 0.2) is 11.5 Å². The Bertz CT molecular complexity index is 579. The van der Waals surface area contributed by atoms with Crippen LogP contribution in [0.15, 0.2) is 30.4 Å². The Morgan fingerprint density at radius 1 is 0.920 bits per heavy atom. The van der Waals surface area contributed by atoms with Crippen molar-refractivity contribution in [3.05, 3.63) is 30.4 Å². The van der Waals surface area contributed by atoms with E-state index in [1.807, 2.05) is 0 Å². The molecule has 0 spiro atoms. The molecule has 0 bridgehead atoms. The van der Waals surface area contributed by atoms with Gasteiger partial charge in [0.05, 0.1) is 20.8 Å². The molecule has 0 aliphatic carbocycles. The van der Waals surface area contributed by atoms with Gasteiger partial charge >= 0.3 is 11.9 Å². The normalized spacial score (nSPS) is 10.5. The molecular formula is C19H26O6. The van der Waals surface area contributed by atoms with Crippen LogP contribution in [-0.2, 0) is 14.3 Å². The third kappa shape index (κ3) is 8.24. The Hall–Kier alpha value is -2.50. The number of esters is 2. The molecular weight excluding hydrogens is 324 g/mol. The maximum atomic E-state index is 11.7. The highest BCUT2D eigenvalue weighted by Crippen LogP contribution is 2.30. The SMILES string of the molecule is CCCCCCCOC(=O)/C=C/C(=O)Oc1ccc(OC)c(OC)c1. The van der Waals surface area contributed by atoms with Crippen LogP contribution < -0.4 is 14.2 Å². The second-order valence-electron chi connectivity index (χ2n) is 5.35. The fourth-order valence-corrected chi connectivity index (χ4v) is 2.09. The first-order valence-electron chi connectivity index (χ1n) is 8.39. The summed E-state index contributed by atoms with van der Waals surface area (Å²) < 4.78 is 20.4. The van der Waals surface area contributed by atoms with E-state index in [2.05, 4.69) is 6.92 Å². The highest BCUT2D eigenvalue weighted by atomic mass is 16.5. The second-order valence-corrected chi connectivity index (χ2v) is 5.35. The molecule has 0 atom stereocenters. The van der Waals surface area contributed by atoms with Gasteiger partial charge in [-0.1, -0.05) is 32.6 Å². The molecule has 6 nitrogen and oxygen atoms in total. The third-order valence-corrected chi connectivity index (χ3v) is 3.42. The molecule has 138 valence electrons. The fourth-order valence-electron chi connectivity index (χ4n) is 2.09. The van der Waals surface area contributed by atoms with Gasteiger partial charge in [0, 0.05) is 18.2 Å². The van der Waals surface area contributed by atoms with Crippen molar-refractivity contribution in [2.45, 2.75) is 39.0 Å². The molecule has 0 aliphatic heterocycles. The highest BCUT2D eigenvalue weighted by molar-refractivity contribution is 5.92. The fraction of sp³-hybridized carbons (Fsp3) is 0.474. The largest absolute Gasteiger partial charge is 0.493 e. The predicted molar refractivity (Wildman–Crippen MR) is 94.0 cm³/mol. The summed E-state index contributed by atoms with van der Waals surface area (Å²) in [5, 5.41) is 0. The number of hydrogen-bond donors (Lipinski definition) is 0. The number of unbranched alkanes of at least 4 members (excludes halogenated alkanes) is 4. The molecule has 0 radical (unpaired) electrons. The first-order chi connectivity index (χ1) is 12.1. The summed E-state index contributed by atoms with van der Waals surface area (Å²) in [5.41, 5.74) is 0. The van der Waals surface area contributed by atoms with Gasteiger partial charge < -0.3 is 18.9 Å². The summed E-state index contributed by atoms with van der Waals surface area (Å²) in [6.07, 6.45) is 7.47. The van der Waals surface area contributed by atoms with Crippen molar-refractivity contribution in [1.29, 1.82) is 0 Å². The Balaban J connectivity index is 2.38. The van der Waals surface area contributed by atoms with E-state index in [0.717, 1.165) is 31.4 Å². The van der Waals surface area contributed by atoms with Crippen molar-refractivity contribution >= 4 is 11.9 Å². The maximum Gasteiger partial charge on any atom is 0.336 e. The molecule has 1 rings (SSSR count). The number of hydrogen-bond acceptors (Lipinski definition) is 6. The van der Waals surface area contributed by atoms with E-state index < -0.39 is 11.9 Å². The van der Waals surface area contributed by atoms with Crippen LogP contribution in [0, 0.1) is 0 Å². The smallest absolute Gasteiger partial charge is 0.336 e. The molecule has 1 aromatic rings. The maximum absolute atomic E-state index is 11.7.